The van der Waals surface area contributed by atoms with Gasteiger partial charge in [0.1, 0.15) is 11.5 Å². The summed E-state index contributed by atoms with van der Waals surface area (Å²) in [6.45, 7) is 3.81. The second-order valence-corrected chi connectivity index (χ2v) is 3.00. The Balaban J connectivity index is 2.52. The lowest BCUT2D eigenvalue weighted by Gasteiger charge is -1.93. The van der Waals surface area contributed by atoms with E-state index in [0.717, 1.165) is 25.0 Å². The van der Waals surface area contributed by atoms with E-state index >= 15 is 0 Å². The van der Waals surface area contributed by atoms with Gasteiger partial charge in [-0.1, -0.05) is 18.5 Å². The van der Waals surface area contributed by atoms with Crippen molar-refractivity contribution in [3.05, 3.63) is 17.5 Å². The van der Waals surface area contributed by atoms with Gasteiger partial charge in [0, 0.05) is 12.5 Å². The number of unbranched alkanes of at least 4 members (excludes halogenated alkanes) is 1. The van der Waals surface area contributed by atoms with E-state index in [2.05, 4.69) is 12.1 Å². The second-order valence-electron chi connectivity index (χ2n) is 3.00. The summed E-state index contributed by atoms with van der Waals surface area (Å²) >= 11 is 0. The molecular formula is C9H15NO2. The molecule has 0 amide bonds. The van der Waals surface area contributed by atoms with E-state index < -0.39 is 6.10 Å². The zero-order valence-electron chi connectivity index (χ0n) is 7.58. The summed E-state index contributed by atoms with van der Waals surface area (Å²) in [6.07, 6.45) is 2.64. The average molecular weight is 169 g/mol. The van der Waals surface area contributed by atoms with Gasteiger partial charge in [0.25, 0.3) is 0 Å². The highest BCUT2D eigenvalue weighted by atomic mass is 16.5. The minimum Gasteiger partial charge on any atom is -0.387 e. The molecule has 0 unspecified atom stereocenters. The van der Waals surface area contributed by atoms with Gasteiger partial charge in [-0.25, -0.2) is 0 Å². The third-order valence-electron chi connectivity index (χ3n) is 1.78. The number of hydrogen-bond acceptors (Lipinski definition) is 3. The number of aliphatic hydroxyl groups is 1. The smallest absolute Gasteiger partial charge is 0.137 e. The Labute approximate surface area is 72.4 Å². The maximum absolute atomic E-state index is 9.14. The van der Waals surface area contributed by atoms with E-state index in [1.165, 1.54) is 0 Å². The molecule has 1 atom stereocenters. The van der Waals surface area contributed by atoms with Crippen LogP contribution in [0.5, 0.6) is 0 Å². The number of rotatable bonds is 4. The van der Waals surface area contributed by atoms with Crippen molar-refractivity contribution >= 4 is 0 Å². The van der Waals surface area contributed by atoms with Crippen LogP contribution in [0.1, 0.15) is 44.2 Å². The van der Waals surface area contributed by atoms with Gasteiger partial charge in [-0.2, -0.15) is 0 Å². The summed E-state index contributed by atoms with van der Waals surface area (Å²) in [4.78, 5) is 0. The minimum atomic E-state index is -0.524. The zero-order chi connectivity index (χ0) is 8.97. The first-order valence-corrected chi connectivity index (χ1v) is 4.37. The second kappa shape index (κ2) is 4.26. The third kappa shape index (κ3) is 2.34. The average Bonchev–Trinajstić information content (AvgIpc) is 2.48. The fraction of sp³-hybridized carbons (Fsp3) is 0.667. The fourth-order valence-electron chi connectivity index (χ4n) is 0.995. The summed E-state index contributed by atoms with van der Waals surface area (Å²) < 4.78 is 5.02. The molecule has 1 N–H and O–H groups in total. The Kier molecular flexibility index (Phi) is 3.29. The normalized spacial score (nSPS) is 13.2. The topological polar surface area (TPSA) is 46.3 Å². The molecule has 0 spiro atoms. The lowest BCUT2D eigenvalue weighted by Crippen LogP contribution is -1.89. The summed E-state index contributed by atoms with van der Waals surface area (Å²) in [5, 5.41) is 12.9. The lowest BCUT2D eigenvalue weighted by molar-refractivity contribution is 0.187. The Morgan fingerprint density at radius 1 is 1.67 bits per heavy atom. The van der Waals surface area contributed by atoms with Crippen LogP contribution in [0.2, 0.25) is 0 Å². The van der Waals surface area contributed by atoms with Gasteiger partial charge in [0.15, 0.2) is 0 Å². The minimum absolute atomic E-state index is 0.524. The van der Waals surface area contributed by atoms with E-state index in [1.807, 2.05) is 6.07 Å². The highest BCUT2D eigenvalue weighted by molar-refractivity contribution is 5.07. The van der Waals surface area contributed by atoms with Crippen LogP contribution < -0.4 is 0 Å². The molecule has 0 aromatic carbocycles. The molecule has 3 nitrogen and oxygen atoms in total. The van der Waals surface area contributed by atoms with Crippen molar-refractivity contribution in [3.63, 3.8) is 0 Å². The van der Waals surface area contributed by atoms with Crippen molar-refractivity contribution in [1.82, 2.24) is 5.16 Å². The molecular weight excluding hydrogens is 154 g/mol. The van der Waals surface area contributed by atoms with Crippen LogP contribution in [0.3, 0.4) is 0 Å². The molecule has 1 rings (SSSR count). The SMILES string of the molecule is CCCCc1cc([C@H](C)O)no1. The van der Waals surface area contributed by atoms with Crippen molar-refractivity contribution in [2.24, 2.45) is 0 Å². The Hall–Kier alpha value is -0.830. The van der Waals surface area contributed by atoms with E-state index in [4.69, 9.17) is 9.63 Å². The predicted octanol–water partition coefficient (Wildman–Crippen LogP) is 2.07. The molecule has 0 saturated heterocycles. The molecule has 68 valence electrons. The van der Waals surface area contributed by atoms with Crippen LogP contribution in [0.4, 0.5) is 0 Å². The lowest BCUT2D eigenvalue weighted by atomic mass is 10.2. The first kappa shape index (κ1) is 9.26. The Morgan fingerprint density at radius 2 is 2.42 bits per heavy atom. The summed E-state index contributed by atoms with van der Waals surface area (Å²) in [7, 11) is 0. The molecule has 0 radical (unpaired) electrons. The van der Waals surface area contributed by atoms with E-state index in [0.29, 0.717) is 5.69 Å². The quantitative estimate of drug-likeness (QED) is 0.750. The first-order chi connectivity index (χ1) is 5.74. The van der Waals surface area contributed by atoms with Crippen LogP contribution in [0, 0.1) is 0 Å². The van der Waals surface area contributed by atoms with Gasteiger partial charge >= 0.3 is 0 Å². The van der Waals surface area contributed by atoms with Gasteiger partial charge < -0.3 is 9.63 Å². The molecule has 0 bridgehead atoms. The summed E-state index contributed by atoms with van der Waals surface area (Å²) in [6, 6.07) is 1.82. The molecule has 0 fully saturated rings. The molecule has 1 heterocycles. The van der Waals surface area contributed by atoms with Crippen molar-refractivity contribution < 1.29 is 9.63 Å². The fourth-order valence-corrected chi connectivity index (χ4v) is 0.995. The predicted molar refractivity (Wildman–Crippen MR) is 45.7 cm³/mol. The van der Waals surface area contributed by atoms with Crippen molar-refractivity contribution in [2.75, 3.05) is 0 Å². The van der Waals surface area contributed by atoms with Crippen molar-refractivity contribution in [1.29, 1.82) is 0 Å². The molecule has 1 aromatic rings. The van der Waals surface area contributed by atoms with Gasteiger partial charge in [-0.15, -0.1) is 0 Å². The maximum atomic E-state index is 9.14. The number of hydrogen-bond donors (Lipinski definition) is 1. The maximum Gasteiger partial charge on any atom is 0.137 e. The zero-order valence-corrected chi connectivity index (χ0v) is 7.58. The van der Waals surface area contributed by atoms with Crippen LogP contribution in [0.25, 0.3) is 0 Å². The number of aromatic nitrogens is 1. The third-order valence-corrected chi connectivity index (χ3v) is 1.78. The summed E-state index contributed by atoms with van der Waals surface area (Å²) in [5.41, 5.74) is 0.626. The summed E-state index contributed by atoms with van der Waals surface area (Å²) in [5.74, 6) is 0.868. The standard InChI is InChI=1S/C9H15NO2/c1-3-4-5-8-6-9(7(2)11)10-12-8/h6-7,11H,3-5H2,1-2H3/t7-/m0/s1. The van der Waals surface area contributed by atoms with Gasteiger partial charge in [0.2, 0.25) is 0 Å². The van der Waals surface area contributed by atoms with Crippen LogP contribution in [-0.4, -0.2) is 10.3 Å². The van der Waals surface area contributed by atoms with E-state index in [-0.39, 0.29) is 0 Å². The largest absolute Gasteiger partial charge is 0.387 e. The monoisotopic (exact) mass is 169 g/mol. The number of aliphatic hydroxyl groups excluding tert-OH is 1. The van der Waals surface area contributed by atoms with Crippen LogP contribution in [0.15, 0.2) is 10.6 Å². The van der Waals surface area contributed by atoms with Crippen LogP contribution in [-0.2, 0) is 6.42 Å². The first-order valence-electron chi connectivity index (χ1n) is 4.37. The van der Waals surface area contributed by atoms with Crippen molar-refractivity contribution in [3.8, 4) is 0 Å². The molecule has 0 aliphatic carbocycles. The highest BCUT2D eigenvalue weighted by Gasteiger charge is 2.07. The highest BCUT2D eigenvalue weighted by Crippen LogP contribution is 2.13. The number of nitrogens with zero attached hydrogens (tertiary/aromatic N) is 1. The molecule has 0 aliphatic heterocycles. The van der Waals surface area contributed by atoms with Gasteiger partial charge in [-0.3, -0.25) is 0 Å². The molecule has 0 saturated carbocycles. The van der Waals surface area contributed by atoms with Crippen molar-refractivity contribution in [2.45, 2.75) is 39.2 Å². The van der Waals surface area contributed by atoms with Gasteiger partial charge in [-0.05, 0) is 13.3 Å². The molecule has 1 aromatic heterocycles. The molecule has 3 heteroatoms. The van der Waals surface area contributed by atoms with Crippen LogP contribution >= 0.6 is 0 Å². The molecule has 12 heavy (non-hydrogen) atoms. The van der Waals surface area contributed by atoms with E-state index in [9.17, 15) is 0 Å². The Bertz CT molecular complexity index is 230. The number of aryl methyl sites for hydroxylation is 1. The van der Waals surface area contributed by atoms with Gasteiger partial charge in [0.05, 0.1) is 6.10 Å². The molecule has 0 aliphatic rings. The van der Waals surface area contributed by atoms with E-state index in [1.54, 1.807) is 6.92 Å². The Morgan fingerprint density at radius 3 is 2.92 bits per heavy atom.